The predicted octanol–water partition coefficient (Wildman–Crippen LogP) is 3.13. The van der Waals surface area contributed by atoms with Crippen LogP contribution in [0.3, 0.4) is 0 Å². The number of halogens is 2. The van der Waals surface area contributed by atoms with Crippen molar-refractivity contribution in [3.8, 4) is 0 Å². The van der Waals surface area contributed by atoms with E-state index in [0.29, 0.717) is 4.47 Å². The van der Waals surface area contributed by atoms with Crippen molar-refractivity contribution in [1.29, 1.82) is 0 Å². The van der Waals surface area contributed by atoms with Crippen LogP contribution >= 0.6 is 27.5 Å². The van der Waals surface area contributed by atoms with Gasteiger partial charge in [0.25, 0.3) is 5.91 Å². The minimum absolute atomic E-state index is 0.122. The van der Waals surface area contributed by atoms with Crippen molar-refractivity contribution in [1.82, 2.24) is 10.3 Å². The largest absolute Gasteiger partial charge is 0.478 e. The number of nitrogens with one attached hydrogen (secondary N) is 1. The second-order valence-electron chi connectivity index (χ2n) is 4.18. The lowest BCUT2D eigenvalue weighted by atomic mass is 10.1. The van der Waals surface area contributed by atoms with Crippen molar-refractivity contribution in [3.63, 3.8) is 0 Å². The Hall–Kier alpha value is -1.92. The molecule has 0 unspecified atom stereocenters. The fraction of sp³-hybridized carbons (Fsp3) is 0.0714. The lowest BCUT2D eigenvalue weighted by molar-refractivity contribution is 0.0696. The van der Waals surface area contributed by atoms with Gasteiger partial charge in [-0.1, -0.05) is 23.7 Å². The molecule has 5 nitrogen and oxygen atoms in total. The van der Waals surface area contributed by atoms with Crippen LogP contribution in [0.1, 0.15) is 26.3 Å². The van der Waals surface area contributed by atoms with Crippen molar-refractivity contribution in [2.24, 2.45) is 0 Å². The Kier molecular flexibility index (Phi) is 4.93. The number of carboxylic acids is 1. The van der Waals surface area contributed by atoms with Gasteiger partial charge in [-0.2, -0.15) is 0 Å². The molecule has 1 aromatic heterocycles. The zero-order valence-corrected chi connectivity index (χ0v) is 13.0. The van der Waals surface area contributed by atoms with E-state index in [1.165, 1.54) is 18.3 Å². The Morgan fingerprint density at radius 2 is 1.95 bits per heavy atom. The van der Waals surface area contributed by atoms with Crippen LogP contribution in [0.15, 0.2) is 41.0 Å². The molecular formula is C14H10BrClN2O3. The fourth-order valence-corrected chi connectivity index (χ4v) is 2.15. The number of rotatable bonds is 4. The topological polar surface area (TPSA) is 79.3 Å². The second-order valence-corrected chi connectivity index (χ2v) is 5.45. The summed E-state index contributed by atoms with van der Waals surface area (Å²) >= 11 is 9.10. The van der Waals surface area contributed by atoms with E-state index in [2.05, 4.69) is 26.2 Å². The average molecular weight is 370 g/mol. The number of amides is 1. The first-order chi connectivity index (χ1) is 9.97. The number of carbonyl (C=O) groups is 2. The molecule has 0 bridgehead atoms. The number of hydrogen-bond acceptors (Lipinski definition) is 3. The van der Waals surface area contributed by atoms with E-state index in [1.54, 1.807) is 18.2 Å². The molecule has 1 heterocycles. The Labute approximate surface area is 134 Å². The summed E-state index contributed by atoms with van der Waals surface area (Å²) < 4.78 is 0.655. The smallest absolute Gasteiger partial charge is 0.335 e. The zero-order chi connectivity index (χ0) is 15.4. The number of nitrogens with zero attached hydrogens (tertiary/aromatic N) is 1. The number of pyridine rings is 1. The van der Waals surface area contributed by atoms with Crippen molar-refractivity contribution in [3.05, 3.63) is 62.8 Å². The molecule has 0 radical (unpaired) electrons. The molecule has 1 amide bonds. The third-order valence-corrected chi connectivity index (χ3v) is 3.44. The second kappa shape index (κ2) is 6.69. The number of hydrogen-bond donors (Lipinski definition) is 2. The fourth-order valence-electron chi connectivity index (χ4n) is 1.62. The van der Waals surface area contributed by atoms with Crippen LogP contribution in [0.2, 0.25) is 5.15 Å². The summed E-state index contributed by atoms with van der Waals surface area (Å²) in [5, 5.41) is 11.6. The van der Waals surface area contributed by atoms with E-state index in [4.69, 9.17) is 16.7 Å². The molecule has 0 atom stereocenters. The third kappa shape index (κ3) is 4.03. The van der Waals surface area contributed by atoms with Crippen molar-refractivity contribution in [2.45, 2.75) is 6.54 Å². The molecule has 2 rings (SSSR count). The molecule has 21 heavy (non-hydrogen) atoms. The van der Waals surface area contributed by atoms with E-state index in [1.807, 2.05) is 0 Å². The van der Waals surface area contributed by atoms with Gasteiger partial charge in [-0.25, -0.2) is 9.78 Å². The van der Waals surface area contributed by atoms with Gasteiger partial charge in [0.2, 0.25) is 0 Å². The Morgan fingerprint density at radius 3 is 2.57 bits per heavy atom. The molecule has 0 aliphatic heterocycles. The normalized spacial score (nSPS) is 10.2. The van der Waals surface area contributed by atoms with Crippen LogP contribution in [0.4, 0.5) is 0 Å². The van der Waals surface area contributed by atoms with Gasteiger partial charge in [0.05, 0.1) is 11.1 Å². The average Bonchev–Trinajstić information content (AvgIpc) is 2.47. The monoisotopic (exact) mass is 368 g/mol. The van der Waals surface area contributed by atoms with Crippen molar-refractivity contribution < 1.29 is 14.7 Å². The molecule has 2 N–H and O–H groups in total. The Balaban J connectivity index is 2.04. The van der Waals surface area contributed by atoms with E-state index < -0.39 is 5.97 Å². The highest BCUT2D eigenvalue weighted by molar-refractivity contribution is 9.10. The zero-order valence-electron chi connectivity index (χ0n) is 10.6. The molecule has 1 aromatic carbocycles. The van der Waals surface area contributed by atoms with E-state index in [9.17, 15) is 9.59 Å². The molecular weight excluding hydrogens is 360 g/mol. The minimum Gasteiger partial charge on any atom is -0.478 e. The Bertz CT molecular complexity index is 689. The highest BCUT2D eigenvalue weighted by Crippen LogP contribution is 2.18. The highest BCUT2D eigenvalue weighted by atomic mass is 79.9. The maximum absolute atomic E-state index is 12.0. The summed E-state index contributed by atoms with van der Waals surface area (Å²) in [6, 6.07) is 7.84. The molecule has 0 saturated carbocycles. The number of carbonyl (C=O) groups excluding carboxylic acids is 1. The van der Waals surface area contributed by atoms with Crippen LogP contribution in [-0.2, 0) is 6.54 Å². The maximum Gasteiger partial charge on any atom is 0.335 e. The standard InChI is InChI=1S/C14H10BrClN2O3/c15-10-5-11(12(16)17-7-10)13(19)18-6-8-1-3-9(4-2-8)14(20)21/h1-5,7H,6H2,(H,18,19)(H,20,21). The quantitative estimate of drug-likeness (QED) is 0.812. The summed E-state index contributed by atoms with van der Waals surface area (Å²) in [6.07, 6.45) is 1.50. The molecule has 108 valence electrons. The van der Waals surface area contributed by atoms with Crippen molar-refractivity contribution >= 4 is 39.4 Å². The number of aromatic nitrogens is 1. The molecule has 0 saturated heterocycles. The van der Waals surface area contributed by atoms with Crippen LogP contribution in [0.5, 0.6) is 0 Å². The predicted molar refractivity (Wildman–Crippen MR) is 81.5 cm³/mol. The molecule has 0 fully saturated rings. The van der Waals surface area contributed by atoms with Crippen LogP contribution < -0.4 is 5.32 Å². The van der Waals surface area contributed by atoms with Gasteiger partial charge in [0.15, 0.2) is 0 Å². The van der Waals surface area contributed by atoms with Gasteiger partial charge in [-0.05, 0) is 39.7 Å². The molecule has 7 heteroatoms. The van der Waals surface area contributed by atoms with E-state index >= 15 is 0 Å². The van der Waals surface area contributed by atoms with Crippen LogP contribution in [-0.4, -0.2) is 22.0 Å². The van der Waals surface area contributed by atoms with E-state index in [-0.39, 0.29) is 28.7 Å². The third-order valence-electron chi connectivity index (χ3n) is 2.70. The summed E-state index contributed by atoms with van der Waals surface area (Å²) in [4.78, 5) is 26.6. The van der Waals surface area contributed by atoms with E-state index in [0.717, 1.165) is 5.56 Å². The highest BCUT2D eigenvalue weighted by Gasteiger charge is 2.12. The van der Waals surface area contributed by atoms with Gasteiger partial charge in [-0.15, -0.1) is 0 Å². The maximum atomic E-state index is 12.0. The summed E-state index contributed by atoms with van der Waals surface area (Å²) in [6.45, 7) is 0.265. The van der Waals surface area contributed by atoms with Crippen LogP contribution in [0.25, 0.3) is 0 Å². The number of aromatic carboxylic acids is 1. The number of benzene rings is 1. The van der Waals surface area contributed by atoms with Gasteiger partial charge < -0.3 is 10.4 Å². The van der Waals surface area contributed by atoms with Gasteiger partial charge in [0, 0.05) is 17.2 Å². The van der Waals surface area contributed by atoms with Crippen molar-refractivity contribution in [2.75, 3.05) is 0 Å². The van der Waals surface area contributed by atoms with Gasteiger partial charge in [0.1, 0.15) is 5.15 Å². The SMILES string of the molecule is O=C(O)c1ccc(CNC(=O)c2cc(Br)cnc2Cl)cc1. The first-order valence-electron chi connectivity index (χ1n) is 5.89. The lowest BCUT2D eigenvalue weighted by Crippen LogP contribution is -2.23. The molecule has 0 aliphatic carbocycles. The molecule has 0 spiro atoms. The van der Waals surface area contributed by atoms with Gasteiger partial charge in [-0.3, -0.25) is 4.79 Å². The van der Waals surface area contributed by atoms with Crippen LogP contribution in [0, 0.1) is 0 Å². The number of carboxylic acid groups (broad SMARTS) is 1. The summed E-state index contributed by atoms with van der Waals surface area (Å²) in [5.74, 6) is -1.34. The first kappa shape index (κ1) is 15.5. The minimum atomic E-state index is -0.988. The van der Waals surface area contributed by atoms with Gasteiger partial charge >= 0.3 is 5.97 Å². The molecule has 0 aliphatic rings. The first-order valence-corrected chi connectivity index (χ1v) is 7.06. The molecule has 2 aromatic rings. The Morgan fingerprint density at radius 1 is 1.29 bits per heavy atom. The summed E-state index contributed by atoms with van der Waals surface area (Å²) in [7, 11) is 0. The summed E-state index contributed by atoms with van der Waals surface area (Å²) in [5.41, 5.74) is 1.25. The lowest BCUT2D eigenvalue weighted by Gasteiger charge is -2.07.